The molecule has 0 unspecified atom stereocenters. The zero-order valence-corrected chi connectivity index (χ0v) is 54.1. The molecule has 3 aliphatic rings. The summed E-state index contributed by atoms with van der Waals surface area (Å²) < 4.78 is 36.9. The van der Waals surface area contributed by atoms with Gasteiger partial charge in [0.2, 0.25) is 17.7 Å². The molecule has 19 atom stereocenters. The first-order valence-electron chi connectivity index (χ1n) is 34.2. The van der Waals surface area contributed by atoms with Crippen molar-refractivity contribution < 1.29 is 93.9 Å². The number of unbranched alkanes of at least 4 members (excludes halogenated alkanes) is 28. The van der Waals surface area contributed by atoms with Crippen LogP contribution in [0.5, 0.6) is 0 Å². The molecule has 0 bridgehead atoms. The maximum Gasteiger partial charge on any atom is 0.249 e. The van der Waals surface area contributed by atoms with Crippen LogP contribution in [0.15, 0.2) is 0 Å². The maximum atomic E-state index is 13.8. The van der Waals surface area contributed by atoms with Crippen molar-refractivity contribution >= 4 is 17.7 Å². The van der Waals surface area contributed by atoms with Gasteiger partial charge in [0.25, 0.3) is 0 Å². The summed E-state index contributed by atoms with van der Waals surface area (Å²) in [5, 5.41) is 118. The van der Waals surface area contributed by atoms with Gasteiger partial charge < -0.3 is 95.4 Å². The third-order valence-corrected chi connectivity index (χ3v) is 17.6. The van der Waals surface area contributed by atoms with E-state index in [1.807, 2.05) is 0 Å². The zero-order chi connectivity index (χ0) is 64.1. The number of hydrogen-bond donors (Lipinski definition) is 13. The highest BCUT2D eigenvalue weighted by Crippen LogP contribution is 2.34. The number of nitrogens with one attached hydrogen (secondary N) is 3. The minimum absolute atomic E-state index is 0.145. The quantitative estimate of drug-likeness (QED) is 0.0316. The molecule has 3 saturated heterocycles. The van der Waals surface area contributed by atoms with Crippen molar-refractivity contribution in [3.63, 3.8) is 0 Å². The summed E-state index contributed by atoms with van der Waals surface area (Å²) in [5.41, 5.74) is 0. The Hall–Kier alpha value is -2.23. The second kappa shape index (κ2) is 45.9. The van der Waals surface area contributed by atoms with Crippen LogP contribution in [0, 0.1) is 5.92 Å². The summed E-state index contributed by atoms with van der Waals surface area (Å²) in [5.74, 6) is -1.48. The summed E-state index contributed by atoms with van der Waals surface area (Å²) in [6.07, 6.45) is 10.8. The van der Waals surface area contributed by atoms with E-state index < -0.39 is 154 Å². The Kier molecular flexibility index (Phi) is 41.7. The van der Waals surface area contributed by atoms with E-state index >= 15 is 0 Å². The molecule has 22 heteroatoms. The van der Waals surface area contributed by atoms with E-state index in [9.17, 15) is 65.4 Å². The van der Waals surface area contributed by atoms with E-state index in [1.165, 1.54) is 135 Å². The maximum absolute atomic E-state index is 13.8. The van der Waals surface area contributed by atoms with Gasteiger partial charge in [-0.15, -0.1) is 0 Å². The fraction of sp³-hybridized carbons (Fsp3) is 0.954. The number of amides is 3. The Morgan fingerprint density at radius 2 is 0.897 bits per heavy atom. The third-order valence-electron chi connectivity index (χ3n) is 17.6. The Labute approximate surface area is 521 Å². The van der Waals surface area contributed by atoms with Crippen LogP contribution in [0.2, 0.25) is 0 Å². The van der Waals surface area contributed by atoms with E-state index in [0.29, 0.717) is 18.8 Å². The van der Waals surface area contributed by atoms with E-state index in [1.54, 1.807) is 0 Å². The molecule has 22 nitrogen and oxygen atoms in total. The third kappa shape index (κ3) is 30.4. The van der Waals surface area contributed by atoms with E-state index in [-0.39, 0.29) is 12.8 Å². The molecule has 0 aromatic carbocycles. The van der Waals surface area contributed by atoms with E-state index in [2.05, 4.69) is 36.7 Å². The first-order chi connectivity index (χ1) is 41.7. The summed E-state index contributed by atoms with van der Waals surface area (Å²) >= 11 is 0. The van der Waals surface area contributed by atoms with Crippen molar-refractivity contribution in [1.29, 1.82) is 0 Å². The molecule has 3 heterocycles. The predicted octanol–water partition coefficient (Wildman–Crippen LogP) is 5.88. The number of aliphatic hydroxyl groups excluding tert-OH is 10. The molecule has 0 aliphatic carbocycles. The van der Waals surface area contributed by atoms with Gasteiger partial charge in [-0.05, 0) is 25.7 Å². The lowest BCUT2D eigenvalue weighted by atomic mass is 9.93. The van der Waals surface area contributed by atoms with Crippen LogP contribution in [-0.4, -0.2) is 205 Å². The first kappa shape index (κ1) is 79.0. The van der Waals surface area contributed by atoms with Crippen LogP contribution in [0.4, 0.5) is 0 Å². The lowest BCUT2D eigenvalue weighted by molar-refractivity contribution is -0.366. The van der Waals surface area contributed by atoms with Gasteiger partial charge in [-0.2, -0.15) is 0 Å². The van der Waals surface area contributed by atoms with E-state index in [4.69, 9.17) is 28.4 Å². The molecule has 3 amide bonds. The van der Waals surface area contributed by atoms with Crippen molar-refractivity contribution in [1.82, 2.24) is 16.0 Å². The molecular weight excluding hydrogens is 1130 g/mol. The lowest BCUT2D eigenvalue weighted by Crippen LogP contribution is -2.71. The Balaban J connectivity index is 1.72. The highest BCUT2D eigenvalue weighted by atomic mass is 16.8. The predicted molar refractivity (Wildman–Crippen MR) is 330 cm³/mol. The molecule has 3 rings (SSSR count). The molecule has 3 aliphatic heterocycles. The first-order valence-corrected chi connectivity index (χ1v) is 34.2. The standard InChI is InChI=1S/C65H123N3O19/c1-7-8-9-10-11-12-13-14-15-16-17-18-19-20-21-22-23-26-30-33-36-39-49(74)62(81)68-47(55(76)48(73)38-35-32-29-27-24-25-28-31-34-37-43(2)3)42-82-63-53(67-46(6)72)61(87-65-59(80)58(79)54(75)44(4)83-65)60(51(41-70)85-63)86-64-52(66-45(5)71)57(78)56(77)50(40-69)84-64/h43-44,47-61,63-65,69-70,73-80H,7-42H2,1-6H3,(H,66,71)(H,67,72)(H,68,81)/t44-,47+,48-,49-,50-,51-,52-,53-,54+,55+,56+,57-,58+,59-,60-,61-,63-,64+,65-/m1/s1. The highest BCUT2D eigenvalue weighted by molar-refractivity contribution is 5.80. The number of ether oxygens (including phenoxy) is 6. The molecule has 0 aromatic rings. The van der Waals surface area contributed by atoms with Crippen molar-refractivity contribution in [3.05, 3.63) is 0 Å². The van der Waals surface area contributed by atoms with Gasteiger partial charge in [-0.25, -0.2) is 0 Å². The number of carbonyl (C=O) groups excluding carboxylic acids is 3. The van der Waals surface area contributed by atoms with Gasteiger partial charge in [0, 0.05) is 13.8 Å². The van der Waals surface area contributed by atoms with Crippen LogP contribution >= 0.6 is 0 Å². The summed E-state index contributed by atoms with van der Waals surface area (Å²) in [6, 6.07) is -4.44. The summed E-state index contributed by atoms with van der Waals surface area (Å²) in [7, 11) is 0. The minimum atomic E-state index is -1.92. The van der Waals surface area contributed by atoms with Crippen LogP contribution in [0.3, 0.4) is 0 Å². The SMILES string of the molecule is CCCCCCCCCCCCCCCCCCCCCCC[C@@H](O)C(=O)N[C@@H](CO[C@@H]1O[C@H](CO)[C@@H](O[C@@H]2O[C@H](CO)[C@H](O)[C@H](O)[C@H]2NC(C)=O)[C@H](O[C@H]2O[C@H](C)[C@H](O)[C@H](O)[C@H]2O)[C@H]1NC(C)=O)[C@H](O)[C@H](O)CCCCCCCCCCCC(C)C. The van der Waals surface area contributed by atoms with Crippen molar-refractivity contribution in [2.45, 2.75) is 370 Å². The second-order valence-corrected chi connectivity index (χ2v) is 25.8. The van der Waals surface area contributed by atoms with Gasteiger partial charge in [0.1, 0.15) is 79.2 Å². The number of hydrogen-bond acceptors (Lipinski definition) is 19. The van der Waals surface area contributed by atoms with Crippen LogP contribution in [-0.2, 0) is 42.8 Å². The minimum Gasteiger partial charge on any atom is -0.394 e. The largest absolute Gasteiger partial charge is 0.394 e. The molecule has 0 saturated carbocycles. The highest BCUT2D eigenvalue weighted by Gasteiger charge is 2.55. The average Bonchev–Trinajstić information content (AvgIpc) is 0.987. The van der Waals surface area contributed by atoms with Gasteiger partial charge in [-0.1, -0.05) is 220 Å². The monoisotopic (exact) mass is 1250 g/mol. The number of rotatable bonds is 49. The van der Waals surface area contributed by atoms with Gasteiger partial charge in [-0.3, -0.25) is 14.4 Å². The van der Waals surface area contributed by atoms with Gasteiger partial charge in [0.15, 0.2) is 18.9 Å². The summed E-state index contributed by atoms with van der Waals surface area (Å²) in [6.45, 7) is 8.11. The Bertz CT molecular complexity index is 1780. The van der Waals surface area contributed by atoms with Crippen molar-refractivity contribution in [3.8, 4) is 0 Å². The topological polar surface area (TPSA) is 345 Å². The number of aliphatic hydroxyl groups is 10. The molecule has 512 valence electrons. The average molecular weight is 1250 g/mol. The van der Waals surface area contributed by atoms with Gasteiger partial charge >= 0.3 is 0 Å². The molecular formula is C65H123N3O19. The fourth-order valence-electron chi connectivity index (χ4n) is 12.1. The lowest BCUT2D eigenvalue weighted by Gasteiger charge is -2.50. The van der Waals surface area contributed by atoms with Crippen LogP contribution in [0.1, 0.15) is 253 Å². The van der Waals surface area contributed by atoms with Crippen molar-refractivity contribution in [2.24, 2.45) is 5.92 Å². The smallest absolute Gasteiger partial charge is 0.249 e. The van der Waals surface area contributed by atoms with E-state index in [0.717, 1.165) is 71.6 Å². The molecule has 87 heavy (non-hydrogen) atoms. The zero-order valence-electron chi connectivity index (χ0n) is 54.1. The summed E-state index contributed by atoms with van der Waals surface area (Å²) in [4.78, 5) is 39.4. The Morgan fingerprint density at radius 1 is 0.471 bits per heavy atom. The van der Waals surface area contributed by atoms with Crippen molar-refractivity contribution in [2.75, 3.05) is 19.8 Å². The normalized spacial score (nSPS) is 29.1. The Morgan fingerprint density at radius 3 is 1.36 bits per heavy atom. The molecule has 0 radical (unpaired) electrons. The molecule has 13 N–H and O–H groups in total. The van der Waals surface area contributed by atoms with Gasteiger partial charge in [0.05, 0.1) is 38.1 Å². The van der Waals surface area contributed by atoms with Crippen LogP contribution in [0.25, 0.3) is 0 Å². The molecule has 3 fully saturated rings. The number of carbonyl (C=O) groups is 3. The van der Waals surface area contributed by atoms with Crippen LogP contribution < -0.4 is 16.0 Å². The fourth-order valence-corrected chi connectivity index (χ4v) is 12.1. The molecule has 0 aromatic heterocycles. The second-order valence-electron chi connectivity index (χ2n) is 25.8. The molecule has 0 spiro atoms.